The fourth-order valence-corrected chi connectivity index (χ4v) is 3.25. The lowest BCUT2D eigenvalue weighted by molar-refractivity contribution is -1.01. The average Bonchev–Trinajstić information content (AvgIpc) is 2.49. The number of ether oxygens (including phenoxy) is 2. The summed E-state index contributed by atoms with van der Waals surface area (Å²) in [5.74, 6) is 1.79. The first kappa shape index (κ1) is 13.7. The van der Waals surface area contributed by atoms with Crippen LogP contribution in [0.2, 0.25) is 0 Å². The van der Waals surface area contributed by atoms with E-state index in [9.17, 15) is 0 Å². The molecule has 0 aromatic heterocycles. The molecular formula is C16H26N2O2+2. The van der Waals surface area contributed by atoms with Crippen LogP contribution in [0.15, 0.2) is 24.3 Å². The smallest absolute Gasteiger partial charge is 0.181 e. The third kappa shape index (κ3) is 3.25. The van der Waals surface area contributed by atoms with Crippen molar-refractivity contribution in [3.05, 3.63) is 24.3 Å². The van der Waals surface area contributed by atoms with E-state index in [-0.39, 0.29) is 6.10 Å². The Hall–Kier alpha value is -1.26. The number of rotatable bonds is 4. The summed E-state index contributed by atoms with van der Waals surface area (Å²) in [4.78, 5) is 3.43. The van der Waals surface area contributed by atoms with E-state index in [2.05, 4.69) is 6.92 Å². The Morgan fingerprint density at radius 2 is 1.75 bits per heavy atom. The van der Waals surface area contributed by atoms with Gasteiger partial charge in [-0.15, -0.1) is 0 Å². The van der Waals surface area contributed by atoms with Gasteiger partial charge < -0.3 is 19.3 Å². The summed E-state index contributed by atoms with van der Waals surface area (Å²) in [6.45, 7) is 10.5. The van der Waals surface area contributed by atoms with Gasteiger partial charge in [0.05, 0.1) is 6.54 Å². The zero-order chi connectivity index (χ0) is 13.8. The molecule has 0 saturated carbocycles. The number of hydrogen-bond acceptors (Lipinski definition) is 2. The van der Waals surface area contributed by atoms with Crippen molar-refractivity contribution in [3.8, 4) is 11.5 Å². The number of hydrogen-bond donors (Lipinski definition) is 2. The molecule has 0 radical (unpaired) electrons. The molecule has 0 amide bonds. The zero-order valence-corrected chi connectivity index (χ0v) is 12.4. The lowest BCUT2D eigenvalue weighted by Gasteiger charge is -2.33. The Bertz CT molecular complexity index is 430. The predicted molar refractivity (Wildman–Crippen MR) is 77.8 cm³/mol. The van der Waals surface area contributed by atoms with Crippen LogP contribution in [-0.4, -0.2) is 52.0 Å². The molecule has 1 aromatic carbocycles. The van der Waals surface area contributed by atoms with Crippen LogP contribution < -0.4 is 19.3 Å². The Kier molecular flexibility index (Phi) is 4.43. The van der Waals surface area contributed by atoms with Crippen molar-refractivity contribution < 1.29 is 19.3 Å². The Labute approximate surface area is 121 Å². The second kappa shape index (κ2) is 6.46. The van der Waals surface area contributed by atoms with Gasteiger partial charge in [0.2, 0.25) is 0 Å². The summed E-state index contributed by atoms with van der Waals surface area (Å²) in [6, 6.07) is 7.97. The second-order valence-corrected chi connectivity index (χ2v) is 5.95. The molecule has 1 atom stereocenters. The maximum atomic E-state index is 6.06. The molecule has 1 fully saturated rings. The van der Waals surface area contributed by atoms with Crippen LogP contribution in [0.1, 0.15) is 13.3 Å². The highest BCUT2D eigenvalue weighted by Gasteiger charge is 2.28. The molecule has 2 aliphatic rings. The van der Waals surface area contributed by atoms with Gasteiger partial charge in [-0.2, -0.15) is 0 Å². The topological polar surface area (TPSA) is 27.3 Å². The van der Waals surface area contributed by atoms with Gasteiger partial charge in [0, 0.05) is 0 Å². The summed E-state index contributed by atoms with van der Waals surface area (Å²) >= 11 is 0. The van der Waals surface area contributed by atoms with Crippen molar-refractivity contribution in [1.29, 1.82) is 0 Å². The third-order valence-electron chi connectivity index (χ3n) is 4.35. The van der Waals surface area contributed by atoms with Gasteiger partial charge in [0.1, 0.15) is 39.3 Å². The van der Waals surface area contributed by atoms with Crippen LogP contribution in [0.4, 0.5) is 0 Å². The molecule has 2 N–H and O–H groups in total. The first-order valence-electron chi connectivity index (χ1n) is 7.90. The molecule has 3 rings (SSSR count). The summed E-state index contributed by atoms with van der Waals surface area (Å²) in [6.07, 6.45) is 1.49. The highest BCUT2D eigenvalue weighted by Crippen LogP contribution is 2.30. The van der Waals surface area contributed by atoms with E-state index in [1.165, 1.54) is 39.1 Å². The first-order chi connectivity index (χ1) is 9.85. The van der Waals surface area contributed by atoms with Crippen LogP contribution in [-0.2, 0) is 0 Å². The molecule has 20 heavy (non-hydrogen) atoms. The van der Waals surface area contributed by atoms with Gasteiger partial charge in [0.15, 0.2) is 17.6 Å². The standard InChI is InChI=1S/C16H24N2O2/c1-2-7-17-8-10-18(11-9-17)12-14-13-19-15-5-3-4-6-16(15)20-14/h3-6,14H,2,7-13H2,1H3/p+2. The fraction of sp³-hybridized carbons (Fsp3) is 0.625. The number of quaternary nitrogens is 2. The molecule has 1 saturated heterocycles. The van der Waals surface area contributed by atoms with Gasteiger partial charge in [-0.1, -0.05) is 19.1 Å². The average molecular weight is 278 g/mol. The first-order valence-corrected chi connectivity index (χ1v) is 7.90. The van der Waals surface area contributed by atoms with Gasteiger partial charge in [-0.25, -0.2) is 0 Å². The summed E-state index contributed by atoms with van der Waals surface area (Å²) in [7, 11) is 0. The maximum absolute atomic E-state index is 6.06. The van der Waals surface area contributed by atoms with Gasteiger partial charge >= 0.3 is 0 Å². The summed E-state index contributed by atoms with van der Waals surface area (Å²) in [5, 5.41) is 0. The minimum atomic E-state index is 0.202. The molecule has 1 unspecified atom stereocenters. The highest BCUT2D eigenvalue weighted by molar-refractivity contribution is 5.40. The zero-order valence-electron chi connectivity index (χ0n) is 12.4. The van der Waals surface area contributed by atoms with E-state index in [0.29, 0.717) is 6.61 Å². The van der Waals surface area contributed by atoms with Crippen molar-refractivity contribution >= 4 is 0 Å². The van der Waals surface area contributed by atoms with Crippen molar-refractivity contribution in [2.24, 2.45) is 0 Å². The van der Waals surface area contributed by atoms with E-state index < -0.39 is 0 Å². The van der Waals surface area contributed by atoms with Gasteiger partial charge in [-0.3, -0.25) is 0 Å². The molecule has 110 valence electrons. The molecule has 0 spiro atoms. The van der Waals surface area contributed by atoms with Crippen LogP contribution in [0, 0.1) is 0 Å². The summed E-state index contributed by atoms with van der Waals surface area (Å²) < 4.78 is 11.9. The molecule has 2 heterocycles. The largest absolute Gasteiger partial charge is 0.486 e. The number of para-hydroxylation sites is 2. The van der Waals surface area contributed by atoms with Crippen LogP contribution >= 0.6 is 0 Å². The second-order valence-electron chi connectivity index (χ2n) is 5.95. The molecule has 0 bridgehead atoms. The highest BCUT2D eigenvalue weighted by atomic mass is 16.6. The Morgan fingerprint density at radius 3 is 2.50 bits per heavy atom. The number of fused-ring (bicyclic) bond motifs is 1. The van der Waals surface area contributed by atoms with E-state index in [4.69, 9.17) is 9.47 Å². The van der Waals surface area contributed by atoms with Crippen LogP contribution in [0.25, 0.3) is 0 Å². The minimum Gasteiger partial charge on any atom is -0.486 e. The predicted octanol–water partition coefficient (Wildman–Crippen LogP) is -0.980. The molecular weight excluding hydrogens is 252 g/mol. The van der Waals surface area contributed by atoms with E-state index in [1.807, 2.05) is 24.3 Å². The molecule has 2 aliphatic heterocycles. The SMILES string of the molecule is CCC[NH+]1CC[NH+](CC2COc3ccccc3O2)CC1. The van der Waals surface area contributed by atoms with Crippen molar-refractivity contribution in [3.63, 3.8) is 0 Å². The fourth-order valence-electron chi connectivity index (χ4n) is 3.25. The molecule has 1 aromatic rings. The lowest BCUT2D eigenvalue weighted by atomic mass is 10.2. The third-order valence-corrected chi connectivity index (χ3v) is 4.35. The summed E-state index contributed by atoms with van der Waals surface area (Å²) in [5.41, 5.74) is 0. The van der Waals surface area contributed by atoms with Crippen LogP contribution in [0.5, 0.6) is 11.5 Å². The van der Waals surface area contributed by atoms with Crippen molar-refractivity contribution in [2.75, 3.05) is 45.9 Å². The van der Waals surface area contributed by atoms with Crippen LogP contribution in [0.3, 0.4) is 0 Å². The Balaban J connectivity index is 1.48. The van der Waals surface area contributed by atoms with Gasteiger partial charge in [-0.05, 0) is 18.6 Å². The number of piperazine rings is 1. The van der Waals surface area contributed by atoms with E-state index in [1.54, 1.807) is 9.80 Å². The van der Waals surface area contributed by atoms with E-state index >= 15 is 0 Å². The molecule has 4 heteroatoms. The van der Waals surface area contributed by atoms with Gasteiger partial charge in [0.25, 0.3) is 0 Å². The van der Waals surface area contributed by atoms with Crippen molar-refractivity contribution in [1.82, 2.24) is 0 Å². The quantitative estimate of drug-likeness (QED) is 0.741. The number of nitrogens with one attached hydrogen (secondary N) is 2. The number of benzene rings is 1. The van der Waals surface area contributed by atoms with Crippen molar-refractivity contribution in [2.45, 2.75) is 19.4 Å². The Morgan fingerprint density at radius 1 is 1.05 bits per heavy atom. The normalized spacial score (nSPS) is 29.1. The van der Waals surface area contributed by atoms with E-state index in [0.717, 1.165) is 18.0 Å². The minimum absolute atomic E-state index is 0.202. The maximum Gasteiger partial charge on any atom is 0.181 e. The monoisotopic (exact) mass is 278 g/mol. The molecule has 4 nitrogen and oxygen atoms in total. The lowest BCUT2D eigenvalue weighted by Crippen LogP contribution is -3.28. The molecule has 0 aliphatic carbocycles.